The molecule has 0 aromatic heterocycles. The molecule has 0 aliphatic rings. The second kappa shape index (κ2) is 5.97. The molecule has 0 fully saturated rings. The summed E-state index contributed by atoms with van der Waals surface area (Å²) in [7, 11) is 0. The highest BCUT2D eigenvalue weighted by molar-refractivity contribution is 5.61. The molecule has 0 saturated carbocycles. The fourth-order valence-corrected chi connectivity index (χ4v) is 1.49. The first-order chi connectivity index (χ1) is 8.61. The van der Waals surface area contributed by atoms with Crippen LogP contribution in [-0.4, -0.2) is 5.11 Å². The van der Waals surface area contributed by atoms with Crippen molar-refractivity contribution in [2.45, 2.75) is 20.4 Å². The van der Waals surface area contributed by atoms with Gasteiger partial charge in [0.15, 0.2) is 11.4 Å². The maximum absolute atomic E-state index is 11.1. The van der Waals surface area contributed by atoms with Gasteiger partial charge < -0.3 is 5.11 Å². The second-order valence-electron chi connectivity index (χ2n) is 3.47. The summed E-state index contributed by atoms with van der Waals surface area (Å²) in [6, 6.07) is 9.21. The molecule has 2 aromatic rings. The minimum Gasteiger partial charge on any atom is -0.502 e. The lowest BCUT2D eigenvalue weighted by molar-refractivity contribution is 0.461. The number of hydrazine groups is 1. The minimum atomic E-state index is -0.876. The number of hydrogen-bond acceptors (Lipinski definition) is 5. The number of nitrogens with two attached hydrogens (primary N) is 1. The normalized spacial score (nSPS) is 9.72. The van der Waals surface area contributed by atoms with E-state index in [1.165, 1.54) is 0 Å². The molecule has 0 unspecified atom stereocenters. The molecule has 0 amide bonds. The van der Waals surface area contributed by atoms with Crippen molar-refractivity contribution in [1.29, 1.82) is 0 Å². The Bertz CT molecular complexity index is 571. The summed E-state index contributed by atoms with van der Waals surface area (Å²) in [5, 5.41) is 10.3. The third-order valence-corrected chi connectivity index (χ3v) is 2.34. The van der Waals surface area contributed by atoms with Crippen molar-refractivity contribution in [2.75, 3.05) is 5.01 Å². The molecule has 18 heavy (non-hydrogen) atoms. The van der Waals surface area contributed by atoms with Crippen LogP contribution >= 0.6 is 0 Å². The van der Waals surface area contributed by atoms with Crippen LogP contribution in [0.1, 0.15) is 19.4 Å². The Hall–Kier alpha value is -2.14. The Kier molecular flexibility index (Phi) is 4.62. The average molecular weight is 248 g/mol. The van der Waals surface area contributed by atoms with Gasteiger partial charge in [-0.25, -0.2) is 5.84 Å². The van der Waals surface area contributed by atoms with Crippen molar-refractivity contribution in [1.82, 2.24) is 0 Å². The molecule has 96 valence electrons. The van der Waals surface area contributed by atoms with Crippen LogP contribution in [0.25, 0.3) is 0 Å². The predicted molar refractivity (Wildman–Crippen MR) is 71.2 cm³/mol. The molecule has 0 heterocycles. The average Bonchev–Trinajstić information content (AvgIpc) is 2.42. The van der Waals surface area contributed by atoms with Gasteiger partial charge in [-0.3, -0.25) is 14.6 Å². The van der Waals surface area contributed by atoms with Crippen LogP contribution in [0, 0.1) is 0 Å². The zero-order valence-electron chi connectivity index (χ0n) is 10.4. The lowest BCUT2D eigenvalue weighted by atomic mass is 10.2. The molecule has 0 radical (unpaired) electrons. The smallest absolute Gasteiger partial charge is 0.271 e. The fraction of sp³-hybridized carbons (Fsp3) is 0.231. The van der Waals surface area contributed by atoms with Gasteiger partial charge in [-0.05, 0) is 5.56 Å². The summed E-state index contributed by atoms with van der Waals surface area (Å²) in [6.45, 7) is 4.26. The highest BCUT2D eigenvalue weighted by Crippen LogP contribution is 2.19. The van der Waals surface area contributed by atoms with E-state index in [2.05, 4.69) is 0 Å². The van der Waals surface area contributed by atoms with E-state index < -0.39 is 16.6 Å². The molecule has 0 aliphatic carbocycles. The first-order valence-electron chi connectivity index (χ1n) is 5.69. The molecule has 5 heteroatoms. The van der Waals surface area contributed by atoms with Crippen molar-refractivity contribution in [3.05, 3.63) is 56.3 Å². The third-order valence-electron chi connectivity index (χ3n) is 2.34. The summed E-state index contributed by atoms with van der Waals surface area (Å²) >= 11 is 0. The number of nitrogens with zero attached hydrogens (tertiary/aromatic N) is 1. The highest BCUT2D eigenvalue weighted by Gasteiger charge is 2.23. The van der Waals surface area contributed by atoms with E-state index in [1.807, 2.05) is 44.2 Å². The van der Waals surface area contributed by atoms with E-state index in [0.717, 1.165) is 10.6 Å². The summed E-state index contributed by atoms with van der Waals surface area (Å²) < 4.78 is 0. The molecule has 0 saturated heterocycles. The fourth-order valence-electron chi connectivity index (χ4n) is 1.49. The van der Waals surface area contributed by atoms with Crippen molar-refractivity contribution < 1.29 is 5.11 Å². The highest BCUT2D eigenvalue weighted by atomic mass is 16.3. The first kappa shape index (κ1) is 13.9. The van der Waals surface area contributed by atoms with Crippen LogP contribution in [0.4, 0.5) is 5.69 Å². The molecule has 0 aliphatic heterocycles. The number of hydrogen-bond donors (Lipinski definition) is 2. The van der Waals surface area contributed by atoms with E-state index in [1.54, 1.807) is 0 Å². The maximum Gasteiger partial charge on any atom is 0.271 e. The molecule has 2 rings (SSSR count). The number of aromatic hydroxyl groups is 1. The van der Waals surface area contributed by atoms with Crippen molar-refractivity contribution in [3.8, 4) is 5.75 Å². The molecule has 0 bridgehead atoms. The van der Waals surface area contributed by atoms with E-state index in [-0.39, 0.29) is 12.2 Å². The Balaban J connectivity index is 0.000000771. The molecule has 3 N–H and O–H groups in total. The van der Waals surface area contributed by atoms with Crippen molar-refractivity contribution in [3.63, 3.8) is 0 Å². The maximum atomic E-state index is 11.1. The van der Waals surface area contributed by atoms with Gasteiger partial charge in [0.05, 0.1) is 6.54 Å². The van der Waals surface area contributed by atoms with Gasteiger partial charge in [0.25, 0.3) is 10.9 Å². The zero-order chi connectivity index (χ0) is 13.7. The van der Waals surface area contributed by atoms with Gasteiger partial charge in [-0.1, -0.05) is 44.2 Å². The molecule has 5 nitrogen and oxygen atoms in total. The van der Waals surface area contributed by atoms with Gasteiger partial charge in [-0.15, -0.1) is 0 Å². The minimum absolute atomic E-state index is 0.117. The van der Waals surface area contributed by atoms with Gasteiger partial charge in [-0.2, -0.15) is 0 Å². The number of anilines is 1. The van der Waals surface area contributed by atoms with Crippen LogP contribution in [0.5, 0.6) is 5.75 Å². The molecule has 0 spiro atoms. The van der Waals surface area contributed by atoms with E-state index >= 15 is 0 Å². The zero-order valence-corrected chi connectivity index (χ0v) is 10.4. The quantitative estimate of drug-likeness (QED) is 0.479. The van der Waals surface area contributed by atoms with E-state index in [4.69, 9.17) is 5.84 Å². The Morgan fingerprint density at radius 2 is 1.67 bits per heavy atom. The van der Waals surface area contributed by atoms with Gasteiger partial charge >= 0.3 is 0 Å². The van der Waals surface area contributed by atoms with Crippen LogP contribution in [0.15, 0.2) is 39.9 Å². The van der Waals surface area contributed by atoms with Crippen molar-refractivity contribution in [2.24, 2.45) is 5.84 Å². The summed E-state index contributed by atoms with van der Waals surface area (Å²) in [6.07, 6.45) is 0. The van der Waals surface area contributed by atoms with Crippen LogP contribution in [0.2, 0.25) is 0 Å². The van der Waals surface area contributed by atoms with Crippen LogP contribution in [0.3, 0.4) is 0 Å². The Morgan fingerprint density at radius 1 is 1.11 bits per heavy atom. The Labute approximate surface area is 105 Å². The first-order valence-corrected chi connectivity index (χ1v) is 5.69. The Morgan fingerprint density at radius 3 is 2.17 bits per heavy atom. The standard InChI is InChI=1S/C11H10N2O3.C2H6/c12-13(6-7-4-2-1-3-5-7)8-9(14)11(16)10(8)15;1-2/h1-5,14H,6,12H2;1-2H3. The van der Waals surface area contributed by atoms with Gasteiger partial charge in [0.2, 0.25) is 0 Å². The lowest BCUT2D eigenvalue weighted by Crippen LogP contribution is -2.43. The van der Waals surface area contributed by atoms with Gasteiger partial charge in [0.1, 0.15) is 0 Å². The summed E-state index contributed by atoms with van der Waals surface area (Å²) in [4.78, 5) is 21.9. The molecule has 0 atom stereocenters. The number of benzene rings is 1. The third kappa shape index (κ3) is 2.57. The SMILES string of the molecule is CC.NN(Cc1ccccc1)c1c(O)c(=O)c1=O. The largest absolute Gasteiger partial charge is 0.502 e. The predicted octanol–water partition coefficient (Wildman–Crippen LogP) is 0.895. The summed E-state index contributed by atoms with van der Waals surface area (Å²) in [5.74, 6) is 5.04. The molecular weight excluding hydrogens is 232 g/mol. The molecular formula is C13H16N2O3. The van der Waals surface area contributed by atoms with E-state index in [9.17, 15) is 14.7 Å². The second-order valence-corrected chi connectivity index (χ2v) is 3.47. The van der Waals surface area contributed by atoms with E-state index in [0.29, 0.717) is 0 Å². The van der Waals surface area contributed by atoms with Crippen LogP contribution in [-0.2, 0) is 6.54 Å². The van der Waals surface area contributed by atoms with Crippen LogP contribution < -0.4 is 21.7 Å². The summed E-state index contributed by atoms with van der Waals surface area (Å²) in [5.41, 5.74) is -0.847. The lowest BCUT2D eigenvalue weighted by Gasteiger charge is -2.19. The monoisotopic (exact) mass is 248 g/mol. The molecule has 2 aromatic carbocycles. The number of rotatable bonds is 3. The van der Waals surface area contributed by atoms with Gasteiger partial charge in [0, 0.05) is 0 Å². The van der Waals surface area contributed by atoms with Crippen molar-refractivity contribution >= 4 is 5.69 Å². The topological polar surface area (TPSA) is 83.6 Å².